The van der Waals surface area contributed by atoms with Gasteiger partial charge in [0.05, 0.1) is 5.02 Å². The molecule has 0 atom stereocenters. The van der Waals surface area contributed by atoms with Crippen LogP contribution >= 0.6 is 23.2 Å². The maximum Gasteiger partial charge on any atom is 0.490 e. The van der Waals surface area contributed by atoms with Crippen molar-refractivity contribution in [3.8, 4) is 5.75 Å². The molecule has 1 heterocycles. The molecule has 0 aliphatic carbocycles. The fourth-order valence-electron chi connectivity index (χ4n) is 2.52. The first-order valence-corrected chi connectivity index (χ1v) is 9.45. The summed E-state index contributed by atoms with van der Waals surface area (Å²) in [4.78, 5) is 11.2. The Balaban J connectivity index is 0.000000396. The van der Waals surface area contributed by atoms with Crippen molar-refractivity contribution in [1.29, 1.82) is 0 Å². The lowest BCUT2D eigenvalue weighted by Gasteiger charge is -2.29. The van der Waals surface area contributed by atoms with Gasteiger partial charge in [-0.15, -0.1) is 0 Å². The number of piperazine rings is 1. The number of hydrogen-bond acceptors (Lipinski definition) is 4. The molecule has 30 heavy (non-hydrogen) atoms. The lowest BCUT2D eigenvalue weighted by atomic mass is 10.2. The number of carboxylic acid groups (broad SMARTS) is 1. The van der Waals surface area contributed by atoms with Gasteiger partial charge in [-0.05, 0) is 24.3 Å². The Morgan fingerprint density at radius 2 is 1.77 bits per heavy atom. The number of rotatable bonds is 4. The van der Waals surface area contributed by atoms with Crippen molar-refractivity contribution in [1.82, 2.24) is 5.32 Å². The van der Waals surface area contributed by atoms with Crippen molar-refractivity contribution in [3.63, 3.8) is 0 Å². The van der Waals surface area contributed by atoms with E-state index in [1.54, 1.807) is 12.1 Å². The van der Waals surface area contributed by atoms with Crippen LogP contribution in [0.3, 0.4) is 0 Å². The van der Waals surface area contributed by atoms with Crippen molar-refractivity contribution in [2.45, 2.75) is 12.8 Å². The topological polar surface area (TPSA) is 61.8 Å². The number of nitrogens with zero attached hydrogens (tertiary/aromatic N) is 1. The highest BCUT2D eigenvalue weighted by atomic mass is 35.5. The largest absolute Gasteiger partial charge is 0.490 e. The molecule has 5 nitrogen and oxygen atoms in total. The lowest BCUT2D eigenvalue weighted by molar-refractivity contribution is -0.192. The number of carbonyl (C=O) groups is 1. The maximum absolute atomic E-state index is 13.8. The molecular weight excluding hydrogens is 451 g/mol. The van der Waals surface area contributed by atoms with E-state index in [1.165, 1.54) is 6.07 Å². The number of carboxylic acids is 1. The van der Waals surface area contributed by atoms with Gasteiger partial charge in [0.25, 0.3) is 0 Å². The number of halogens is 6. The van der Waals surface area contributed by atoms with Crippen LogP contribution in [0.4, 0.5) is 23.2 Å². The number of alkyl halides is 3. The third-order valence-electron chi connectivity index (χ3n) is 4.04. The van der Waals surface area contributed by atoms with Crippen molar-refractivity contribution >= 4 is 34.9 Å². The van der Waals surface area contributed by atoms with Crippen molar-refractivity contribution < 1.29 is 32.2 Å². The molecule has 0 radical (unpaired) electrons. The molecular formula is C19H18Cl2F4N2O3. The molecule has 1 aliphatic rings. The first kappa shape index (κ1) is 24.0. The van der Waals surface area contributed by atoms with E-state index in [0.717, 1.165) is 31.9 Å². The van der Waals surface area contributed by atoms with E-state index in [9.17, 15) is 17.6 Å². The summed E-state index contributed by atoms with van der Waals surface area (Å²) in [5.41, 5.74) is 1.50. The molecule has 0 aromatic heterocycles. The van der Waals surface area contributed by atoms with E-state index in [4.69, 9.17) is 37.8 Å². The van der Waals surface area contributed by atoms with E-state index < -0.39 is 12.1 Å². The van der Waals surface area contributed by atoms with Gasteiger partial charge in [0.2, 0.25) is 0 Å². The minimum absolute atomic E-state index is 0.105. The third kappa shape index (κ3) is 7.23. The Morgan fingerprint density at radius 3 is 2.33 bits per heavy atom. The SMILES string of the molecule is Fc1cc(Cl)ccc1COc1cc(N2CCNCC2)ccc1Cl.O=C(O)C(F)(F)F. The van der Waals surface area contributed by atoms with Crippen LogP contribution in [-0.4, -0.2) is 43.4 Å². The second-order valence-corrected chi connectivity index (χ2v) is 7.02. The highest BCUT2D eigenvalue weighted by Crippen LogP contribution is 2.31. The van der Waals surface area contributed by atoms with Gasteiger partial charge in [0.1, 0.15) is 18.2 Å². The predicted molar refractivity (Wildman–Crippen MR) is 106 cm³/mol. The molecule has 164 valence electrons. The van der Waals surface area contributed by atoms with E-state index in [0.29, 0.717) is 21.4 Å². The molecule has 3 rings (SSSR count). The number of aliphatic carboxylic acids is 1. The zero-order chi connectivity index (χ0) is 22.3. The van der Waals surface area contributed by atoms with Crippen LogP contribution in [0, 0.1) is 5.82 Å². The predicted octanol–water partition coefficient (Wildman–Crippen LogP) is 4.75. The number of hydrogen-bond donors (Lipinski definition) is 2. The molecule has 0 amide bonds. The fraction of sp³-hybridized carbons (Fsp3) is 0.316. The second-order valence-electron chi connectivity index (χ2n) is 6.18. The smallest absolute Gasteiger partial charge is 0.487 e. The lowest BCUT2D eigenvalue weighted by Crippen LogP contribution is -2.43. The summed E-state index contributed by atoms with van der Waals surface area (Å²) in [5, 5.41) is 11.3. The number of ether oxygens (including phenoxy) is 1. The van der Waals surface area contributed by atoms with Gasteiger partial charge in [-0.2, -0.15) is 13.2 Å². The molecule has 2 aromatic rings. The summed E-state index contributed by atoms with van der Waals surface area (Å²) in [6.45, 7) is 3.89. The Hall–Kier alpha value is -2.23. The highest BCUT2D eigenvalue weighted by molar-refractivity contribution is 6.32. The van der Waals surface area contributed by atoms with Crippen LogP contribution in [0.5, 0.6) is 5.75 Å². The quantitative estimate of drug-likeness (QED) is 0.633. The van der Waals surface area contributed by atoms with Crippen molar-refractivity contribution in [2.24, 2.45) is 0 Å². The van der Waals surface area contributed by atoms with Crippen LogP contribution in [-0.2, 0) is 11.4 Å². The Bertz CT molecular complexity index is 875. The second kappa shape index (κ2) is 10.7. The molecule has 0 spiro atoms. The van der Waals surface area contributed by atoms with Gasteiger partial charge in [0, 0.05) is 48.5 Å². The van der Waals surface area contributed by atoms with Gasteiger partial charge in [-0.25, -0.2) is 9.18 Å². The minimum atomic E-state index is -5.08. The van der Waals surface area contributed by atoms with Crippen LogP contribution in [0.2, 0.25) is 10.0 Å². The monoisotopic (exact) mass is 468 g/mol. The van der Waals surface area contributed by atoms with Crippen LogP contribution in [0.15, 0.2) is 36.4 Å². The third-order valence-corrected chi connectivity index (χ3v) is 4.59. The normalized spacial score (nSPS) is 14.0. The molecule has 0 bridgehead atoms. The van der Waals surface area contributed by atoms with Gasteiger partial charge in [-0.3, -0.25) is 0 Å². The minimum Gasteiger partial charge on any atom is -0.487 e. The standard InChI is InChI=1S/C17H17Cl2FN2O.C2HF3O2/c18-13-2-1-12(16(20)9-13)11-23-17-10-14(3-4-15(17)19)22-7-5-21-6-8-22;3-2(4,5)1(6)7/h1-4,9-10,21H,5-8,11H2;(H,6,7). The fourth-order valence-corrected chi connectivity index (χ4v) is 2.85. The summed E-state index contributed by atoms with van der Waals surface area (Å²) < 4.78 is 51.3. The van der Waals surface area contributed by atoms with E-state index in [1.807, 2.05) is 18.2 Å². The molecule has 1 aliphatic heterocycles. The van der Waals surface area contributed by atoms with Crippen molar-refractivity contribution in [2.75, 3.05) is 31.1 Å². The zero-order valence-corrected chi connectivity index (χ0v) is 17.0. The van der Waals surface area contributed by atoms with Gasteiger partial charge < -0.3 is 20.1 Å². The van der Waals surface area contributed by atoms with Gasteiger partial charge in [-0.1, -0.05) is 29.3 Å². The first-order chi connectivity index (χ1) is 14.1. The van der Waals surface area contributed by atoms with Gasteiger partial charge in [0.15, 0.2) is 0 Å². The summed E-state index contributed by atoms with van der Waals surface area (Å²) in [7, 11) is 0. The Labute approximate surface area is 180 Å². The molecule has 1 fully saturated rings. The molecule has 0 unspecified atom stereocenters. The molecule has 2 N–H and O–H groups in total. The summed E-state index contributed by atoms with van der Waals surface area (Å²) in [6, 6.07) is 10.2. The molecule has 11 heteroatoms. The number of anilines is 1. The van der Waals surface area contributed by atoms with E-state index >= 15 is 0 Å². The van der Waals surface area contributed by atoms with Crippen LogP contribution in [0.25, 0.3) is 0 Å². The number of nitrogens with one attached hydrogen (secondary N) is 1. The molecule has 1 saturated heterocycles. The molecule has 2 aromatic carbocycles. The number of benzene rings is 2. The molecule has 0 saturated carbocycles. The Kier molecular flexibility index (Phi) is 8.57. The van der Waals surface area contributed by atoms with Crippen LogP contribution in [0.1, 0.15) is 5.56 Å². The van der Waals surface area contributed by atoms with Crippen LogP contribution < -0.4 is 15.0 Å². The maximum atomic E-state index is 13.8. The average Bonchev–Trinajstić information content (AvgIpc) is 2.69. The van der Waals surface area contributed by atoms with Crippen molar-refractivity contribution in [3.05, 3.63) is 57.8 Å². The average molecular weight is 469 g/mol. The zero-order valence-electron chi connectivity index (χ0n) is 15.5. The summed E-state index contributed by atoms with van der Waals surface area (Å²) in [6.07, 6.45) is -5.08. The summed E-state index contributed by atoms with van der Waals surface area (Å²) >= 11 is 11.9. The summed E-state index contributed by atoms with van der Waals surface area (Å²) in [5.74, 6) is -2.59. The van der Waals surface area contributed by atoms with E-state index in [-0.39, 0.29) is 12.4 Å². The van der Waals surface area contributed by atoms with E-state index in [2.05, 4.69) is 10.2 Å². The Morgan fingerprint density at radius 1 is 1.13 bits per heavy atom. The highest BCUT2D eigenvalue weighted by Gasteiger charge is 2.38. The first-order valence-electron chi connectivity index (χ1n) is 8.70. The van der Waals surface area contributed by atoms with Gasteiger partial charge >= 0.3 is 12.1 Å².